The van der Waals surface area contributed by atoms with Gasteiger partial charge in [-0.25, -0.2) is 0 Å². The van der Waals surface area contributed by atoms with Crippen LogP contribution in [-0.2, 0) is 12.6 Å². The van der Waals surface area contributed by atoms with Crippen LogP contribution in [0.25, 0.3) is 0 Å². The predicted molar refractivity (Wildman–Crippen MR) is 73.3 cm³/mol. The van der Waals surface area contributed by atoms with Gasteiger partial charge in [0, 0.05) is 11.5 Å². The van der Waals surface area contributed by atoms with E-state index in [2.05, 4.69) is 0 Å². The van der Waals surface area contributed by atoms with Crippen molar-refractivity contribution in [2.24, 2.45) is 0 Å². The van der Waals surface area contributed by atoms with Crippen molar-refractivity contribution >= 4 is 5.78 Å². The number of alkyl halides is 3. The van der Waals surface area contributed by atoms with Gasteiger partial charge in [-0.2, -0.15) is 13.2 Å². The monoisotopic (exact) mass is 290 g/mol. The molecule has 0 aliphatic heterocycles. The SMILES string of the molecule is O=C(c1ccc(C(F)(F)F)cc1)C1CCc2ccccc21. The second-order valence-electron chi connectivity index (χ2n) is 5.23. The molecule has 2 aromatic carbocycles. The first-order chi connectivity index (χ1) is 9.97. The molecule has 0 saturated carbocycles. The predicted octanol–water partition coefficient (Wildman–Crippen LogP) is 4.62. The molecule has 1 aliphatic rings. The standard InChI is InChI=1S/C17H13F3O/c18-17(19,20)13-8-5-12(6-9-13)16(21)15-10-7-11-3-1-2-4-14(11)15/h1-6,8-9,15H,7,10H2. The Morgan fingerprint density at radius 3 is 2.33 bits per heavy atom. The molecule has 1 atom stereocenters. The molecule has 1 nitrogen and oxygen atoms in total. The first kappa shape index (κ1) is 13.9. The molecule has 0 amide bonds. The Labute approximate surface area is 120 Å². The molecule has 0 bridgehead atoms. The average molecular weight is 290 g/mol. The molecule has 0 heterocycles. The van der Waals surface area contributed by atoms with E-state index in [-0.39, 0.29) is 11.7 Å². The quantitative estimate of drug-likeness (QED) is 0.738. The molecule has 4 heteroatoms. The number of rotatable bonds is 2. The minimum Gasteiger partial charge on any atom is -0.293 e. The molecule has 0 N–H and O–H groups in total. The topological polar surface area (TPSA) is 17.1 Å². The van der Waals surface area contributed by atoms with Crippen LogP contribution in [0.3, 0.4) is 0 Å². The molecular weight excluding hydrogens is 277 g/mol. The average Bonchev–Trinajstić information content (AvgIpc) is 2.90. The summed E-state index contributed by atoms with van der Waals surface area (Å²) >= 11 is 0. The van der Waals surface area contributed by atoms with Crippen molar-refractivity contribution in [3.8, 4) is 0 Å². The third-order valence-corrected chi connectivity index (χ3v) is 3.95. The van der Waals surface area contributed by atoms with Gasteiger partial charge in [0.15, 0.2) is 5.78 Å². The lowest BCUT2D eigenvalue weighted by Gasteiger charge is -2.12. The van der Waals surface area contributed by atoms with Crippen LogP contribution in [0.2, 0.25) is 0 Å². The number of fused-ring (bicyclic) bond motifs is 1. The van der Waals surface area contributed by atoms with E-state index in [1.165, 1.54) is 12.1 Å². The van der Waals surface area contributed by atoms with Crippen LogP contribution in [-0.4, -0.2) is 5.78 Å². The second-order valence-corrected chi connectivity index (χ2v) is 5.23. The number of halogens is 3. The Morgan fingerprint density at radius 1 is 1.00 bits per heavy atom. The molecule has 2 aromatic rings. The molecule has 0 fully saturated rings. The fourth-order valence-electron chi connectivity index (χ4n) is 2.85. The lowest BCUT2D eigenvalue weighted by atomic mass is 9.92. The van der Waals surface area contributed by atoms with Gasteiger partial charge in [0.2, 0.25) is 0 Å². The smallest absolute Gasteiger partial charge is 0.293 e. The first-order valence-corrected chi connectivity index (χ1v) is 6.76. The zero-order valence-electron chi connectivity index (χ0n) is 11.2. The number of hydrogen-bond donors (Lipinski definition) is 0. The van der Waals surface area contributed by atoms with Crippen molar-refractivity contribution in [1.82, 2.24) is 0 Å². The summed E-state index contributed by atoms with van der Waals surface area (Å²) in [4.78, 5) is 12.5. The number of carbonyl (C=O) groups is 1. The molecule has 0 aromatic heterocycles. The van der Waals surface area contributed by atoms with E-state index in [9.17, 15) is 18.0 Å². The fraction of sp³-hybridized carbons (Fsp3) is 0.235. The van der Waals surface area contributed by atoms with E-state index in [0.29, 0.717) is 5.56 Å². The zero-order valence-corrected chi connectivity index (χ0v) is 11.2. The largest absolute Gasteiger partial charge is 0.416 e. The molecule has 3 rings (SSSR count). The maximum absolute atomic E-state index is 12.5. The number of Topliss-reactive ketones (excluding diaryl/α,β-unsaturated/α-hetero) is 1. The van der Waals surface area contributed by atoms with Crippen LogP contribution in [0.15, 0.2) is 48.5 Å². The van der Waals surface area contributed by atoms with Gasteiger partial charge in [-0.05, 0) is 36.1 Å². The maximum atomic E-state index is 12.5. The van der Waals surface area contributed by atoms with E-state index < -0.39 is 11.7 Å². The highest BCUT2D eigenvalue weighted by atomic mass is 19.4. The Morgan fingerprint density at radius 2 is 1.67 bits per heavy atom. The summed E-state index contributed by atoms with van der Waals surface area (Å²) in [6.45, 7) is 0. The lowest BCUT2D eigenvalue weighted by molar-refractivity contribution is -0.137. The molecule has 1 aliphatic carbocycles. The van der Waals surface area contributed by atoms with Crippen LogP contribution in [0.4, 0.5) is 13.2 Å². The van der Waals surface area contributed by atoms with E-state index in [1.54, 1.807) is 0 Å². The summed E-state index contributed by atoms with van der Waals surface area (Å²) in [6.07, 6.45) is -2.81. The number of ketones is 1. The molecular formula is C17H13F3O. The fourth-order valence-corrected chi connectivity index (χ4v) is 2.85. The Balaban J connectivity index is 1.87. The number of benzene rings is 2. The van der Waals surface area contributed by atoms with Crippen molar-refractivity contribution in [3.63, 3.8) is 0 Å². The van der Waals surface area contributed by atoms with Gasteiger partial charge >= 0.3 is 6.18 Å². The van der Waals surface area contributed by atoms with Gasteiger partial charge in [0.05, 0.1) is 5.56 Å². The zero-order chi connectivity index (χ0) is 15.0. The Kier molecular flexibility index (Phi) is 3.32. The molecule has 108 valence electrons. The van der Waals surface area contributed by atoms with Crippen molar-refractivity contribution < 1.29 is 18.0 Å². The molecule has 1 unspecified atom stereocenters. The number of aryl methyl sites for hydroxylation is 1. The lowest BCUT2D eigenvalue weighted by Crippen LogP contribution is -2.11. The van der Waals surface area contributed by atoms with Crippen molar-refractivity contribution in [2.75, 3.05) is 0 Å². The molecule has 0 saturated heterocycles. The molecule has 0 spiro atoms. The number of carbonyl (C=O) groups excluding carboxylic acids is 1. The van der Waals surface area contributed by atoms with Crippen LogP contribution in [0.1, 0.15) is 39.4 Å². The highest BCUT2D eigenvalue weighted by Crippen LogP contribution is 2.36. The van der Waals surface area contributed by atoms with Gasteiger partial charge in [0.25, 0.3) is 0 Å². The Hall–Kier alpha value is -2.10. The molecule has 21 heavy (non-hydrogen) atoms. The van der Waals surface area contributed by atoms with Crippen LogP contribution in [0.5, 0.6) is 0 Å². The van der Waals surface area contributed by atoms with E-state index in [1.807, 2.05) is 24.3 Å². The van der Waals surface area contributed by atoms with Crippen molar-refractivity contribution in [1.29, 1.82) is 0 Å². The van der Waals surface area contributed by atoms with Crippen LogP contribution >= 0.6 is 0 Å². The summed E-state index contributed by atoms with van der Waals surface area (Å²) in [5, 5.41) is 0. The third-order valence-electron chi connectivity index (χ3n) is 3.95. The summed E-state index contributed by atoms with van der Waals surface area (Å²) in [5.74, 6) is -0.341. The highest BCUT2D eigenvalue weighted by molar-refractivity contribution is 6.01. The first-order valence-electron chi connectivity index (χ1n) is 6.76. The minimum absolute atomic E-state index is 0.103. The van der Waals surface area contributed by atoms with E-state index >= 15 is 0 Å². The third kappa shape index (κ3) is 2.58. The van der Waals surface area contributed by atoms with E-state index in [0.717, 1.165) is 36.1 Å². The van der Waals surface area contributed by atoms with Gasteiger partial charge in [0.1, 0.15) is 0 Å². The maximum Gasteiger partial charge on any atom is 0.416 e. The van der Waals surface area contributed by atoms with Gasteiger partial charge in [-0.1, -0.05) is 36.4 Å². The van der Waals surface area contributed by atoms with Crippen LogP contribution < -0.4 is 0 Å². The summed E-state index contributed by atoms with van der Waals surface area (Å²) < 4.78 is 37.6. The van der Waals surface area contributed by atoms with Gasteiger partial charge in [-0.3, -0.25) is 4.79 Å². The second kappa shape index (κ2) is 5.02. The number of hydrogen-bond acceptors (Lipinski definition) is 1. The van der Waals surface area contributed by atoms with Gasteiger partial charge in [-0.15, -0.1) is 0 Å². The van der Waals surface area contributed by atoms with E-state index in [4.69, 9.17) is 0 Å². The van der Waals surface area contributed by atoms with Crippen LogP contribution in [0, 0.1) is 0 Å². The summed E-state index contributed by atoms with van der Waals surface area (Å²) in [5.41, 5.74) is 1.76. The van der Waals surface area contributed by atoms with Crippen molar-refractivity contribution in [3.05, 3.63) is 70.8 Å². The molecule has 0 radical (unpaired) electrons. The minimum atomic E-state index is -4.37. The van der Waals surface area contributed by atoms with Gasteiger partial charge < -0.3 is 0 Å². The summed E-state index contributed by atoms with van der Waals surface area (Å²) in [6, 6.07) is 12.2. The van der Waals surface area contributed by atoms with Crippen molar-refractivity contribution in [2.45, 2.75) is 24.9 Å². The summed E-state index contributed by atoms with van der Waals surface area (Å²) in [7, 11) is 0. The Bertz CT molecular complexity index is 671. The normalized spacial score (nSPS) is 17.6. The highest BCUT2D eigenvalue weighted by Gasteiger charge is 2.32.